The number of aromatic nitrogens is 2. The van der Waals surface area contributed by atoms with Crippen LogP contribution in [0.25, 0.3) is 11.3 Å². The van der Waals surface area contributed by atoms with E-state index in [2.05, 4.69) is 10.4 Å². The SMILES string of the molecule is CCC1(F)CC12CC(NC(=O)N1CCn3nc(-c4ccc(F)c(Cl)c4)c(C(N)=O)c3C1)C2. The normalized spacial score (nSPS) is 28.2. The van der Waals surface area contributed by atoms with Gasteiger partial charge in [0.05, 0.1) is 29.4 Å². The molecule has 2 aromatic rings. The topological polar surface area (TPSA) is 93.2 Å². The van der Waals surface area contributed by atoms with Crippen LogP contribution in [0.1, 0.15) is 48.7 Å². The standard InChI is InChI=1S/C22H24ClF2N5O2/c1-2-22(25)11-21(22)8-13(9-21)27-20(32)29-5-6-30-16(10-29)17(19(26)31)18(28-30)12-3-4-15(24)14(23)7-12/h3-4,7,13H,2,5-6,8-11H2,1H3,(H2,26,31)(H,27,32). The van der Waals surface area contributed by atoms with Crippen LogP contribution >= 0.6 is 11.6 Å². The number of carbonyl (C=O) groups excluding carboxylic acids is 2. The van der Waals surface area contributed by atoms with Gasteiger partial charge in [-0.15, -0.1) is 0 Å². The fourth-order valence-corrected chi connectivity index (χ4v) is 5.53. The summed E-state index contributed by atoms with van der Waals surface area (Å²) in [6.07, 6.45) is 2.43. The molecule has 0 saturated heterocycles. The third-order valence-corrected chi connectivity index (χ3v) is 7.60. The molecule has 3 amide bonds. The third kappa shape index (κ3) is 3.17. The summed E-state index contributed by atoms with van der Waals surface area (Å²) in [5.41, 5.74) is 5.82. The first kappa shape index (κ1) is 21.2. The molecule has 1 aromatic carbocycles. The summed E-state index contributed by atoms with van der Waals surface area (Å²) in [6.45, 7) is 2.81. The molecule has 1 spiro atoms. The number of halogens is 3. The number of benzene rings is 1. The molecule has 0 radical (unpaired) electrons. The average molecular weight is 464 g/mol. The Morgan fingerprint density at radius 2 is 2.09 bits per heavy atom. The van der Waals surface area contributed by atoms with E-state index >= 15 is 0 Å². The molecule has 1 aliphatic heterocycles. The van der Waals surface area contributed by atoms with Gasteiger partial charge in [0, 0.05) is 23.6 Å². The van der Waals surface area contributed by atoms with Gasteiger partial charge in [0.2, 0.25) is 0 Å². The van der Waals surface area contributed by atoms with Crippen molar-refractivity contribution in [1.29, 1.82) is 0 Å². The Bertz CT molecular complexity index is 1130. The number of urea groups is 1. The highest BCUT2D eigenvalue weighted by Crippen LogP contribution is 2.71. The first-order valence-electron chi connectivity index (χ1n) is 10.8. The molecular formula is C22H24ClF2N5O2. The smallest absolute Gasteiger partial charge is 0.318 e. The number of fused-ring (bicyclic) bond motifs is 1. The average Bonchev–Trinajstić information content (AvgIpc) is 3.17. The lowest BCUT2D eigenvalue weighted by molar-refractivity contribution is 0.0987. The molecule has 170 valence electrons. The minimum Gasteiger partial charge on any atom is -0.365 e. The van der Waals surface area contributed by atoms with E-state index in [9.17, 15) is 18.4 Å². The first-order valence-corrected chi connectivity index (χ1v) is 11.1. The van der Waals surface area contributed by atoms with Crippen molar-refractivity contribution in [1.82, 2.24) is 20.0 Å². The van der Waals surface area contributed by atoms with Crippen LogP contribution in [0.5, 0.6) is 0 Å². The highest BCUT2D eigenvalue weighted by Gasteiger charge is 2.72. The molecule has 2 fully saturated rings. The number of hydrogen-bond acceptors (Lipinski definition) is 3. The maximum Gasteiger partial charge on any atom is 0.318 e. The Hall–Kier alpha value is -2.68. The summed E-state index contributed by atoms with van der Waals surface area (Å²) in [7, 11) is 0. The molecule has 2 heterocycles. The van der Waals surface area contributed by atoms with Crippen LogP contribution in [0.15, 0.2) is 18.2 Å². The Labute approximate surface area is 188 Å². The predicted molar refractivity (Wildman–Crippen MR) is 114 cm³/mol. The number of carbonyl (C=O) groups is 2. The second kappa shape index (κ2) is 7.16. The van der Waals surface area contributed by atoms with E-state index in [1.807, 2.05) is 6.92 Å². The lowest BCUT2D eigenvalue weighted by Crippen LogP contribution is -2.53. The number of rotatable bonds is 4. The van der Waals surface area contributed by atoms with Crippen LogP contribution in [-0.2, 0) is 13.1 Å². The molecule has 10 heteroatoms. The number of nitrogens with one attached hydrogen (secondary N) is 1. The minimum atomic E-state index is -1.07. The lowest BCUT2D eigenvalue weighted by atomic mass is 9.74. The van der Waals surface area contributed by atoms with Crippen molar-refractivity contribution in [2.45, 2.75) is 57.4 Å². The van der Waals surface area contributed by atoms with E-state index in [1.54, 1.807) is 9.58 Å². The van der Waals surface area contributed by atoms with E-state index in [4.69, 9.17) is 17.3 Å². The van der Waals surface area contributed by atoms with E-state index < -0.39 is 17.4 Å². The van der Waals surface area contributed by atoms with Gasteiger partial charge in [-0.1, -0.05) is 18.5 Å². The lowest BCUT2D eigenvalue weighted by Gasteiger charge is -2.39. The Kier molecular flexibility index (Phi) is 4.74. The molecule has 2 saturated carbocycles. The fraction of sp³-hybridized carbons (Fsp3) is 0.500. The second-order valence-electron chi connectivity index (χ2n) is 9.14. The largest absolute Gasteiger partial charge is 0.365 e. The fourth-order valence-electron chi connectivity index (χ4n) is 5.35. The number of primary amides is 1. The number of alkyl halides is 1. The van der Waals surface area contributed by atoms with Gasteiger partial charge in [-0.2, -0.15) is 5.10 Å². The summed E-state index contributed by atoms with van der Waals surface area (Å²) < 4.78 is 29.7. The third-order valence-electron chi connectivity index (χ3n) is 7.31. The van der Waals surface area contributed by atoms with Crippen LogP contribution < -0.4 is 11.1 Å². The highest BCUT2D eigenvalue weighted by atomic mass is 35.5. The van der Waals surface area contributed by atoms with Crippen molar-refractivity contribution in [3.63, 3.8) is 0 Å². The Balaban J connectivity index is 1.32. The zero-order valence-corrected chi connectivity index (χ0v) is 18.4. The number of nitrogens with two attached hydrogens (primary N) is 1. The molecule has 1 unspecified atom stereocenters. The summed E-state index contributed by atoms with van der Waals surface area (Å²) in [5.74, 6) is -1.26. The van der Waals surface area contributed by atoms with Gasteiger partial charge < -0.3 is 16.0 Å². The van der Waals surface area contributed by atoms with E-state index in [0.717, 1.165) is 0 Å². The van der Waals surface area contributed by atoms with Gasteiger partial charge in [-0.3, -0.25) is 9.48 Å². The molecular weight excluding hydrogens is 440 g/mol. The summed E-state index contributed by atoms with van der Waals surface area (Å²) in [4.78, 5) is 26.7. The van der Waals surface area contributed by atoms with Crippen LogP contribution in [0.4, 0.5) is 13.6 Å². The van der Waals surface area contributed by atoms with Crippen molar-refractivity contribution in [2.75, 3.05) is 6.54 Å². The van der Waals surface area contributed by atoms with Crippen molar-refractivity contribution in [3.05, 3.63) is 40.3 Å². The molecule has 0 bridgehead atoms. The van der Waals surface area contributed by atoms with Crippen molar-refractivity contribution < 1.29 is 18.4 Å². The van der Waals surface area contributed by atoms with Crippen LogP contribution in [0.3, 0.4) is 0 Å². The molecule has 1 aromatic heterocycles. The molecule has 5 rings (SSSR count). The van der Waals surface area contributed by atoms with Crippen molar-refractivity contribution in [3.8, 4) is 11.3 Å². The van der Waals surface area contributed by atoms with Gasteiger partial charge in [-0.05, 0) is 43.9 Å². The summed E-state index contributed by atoms with van der Waals surface area (Å²) in [5, 5.41) is 7.39. The van der Waals surface area contributed by atoms with Crippen LogP contribution in [-0.4, -0.2) is 44.9 Å². The maximum absolute atomic E-state index is 14.5. The number of hydrogen-bond donors (Lipinski definition) is 2. The van der Waals surface area contributed by atoms with Gasteiger partial charge in [0.15, 0.2) is 0 Å². The summed E-state index contributed by atoms with van der Waals surface area (Å²) >= 11 is 5.90. The number of amides is 3. The molecule has 3 N–H and O–H groups in total. The van der Waals surface area contributed by atoms with Crippen LogP contribution in [0.2, 0.25) is 5.02 Å². The van der Waals surface area contributed by atoms with Gasteiger partial charge in [-0.25, -0.2) is 13.6 Å². The predicted octanol–water partition coefficient (Wildman–Crippen LogP) is 3.64. The monoisotopic (exact) mass is 463 g/mol. The van der Waals surface area contributed by atoms with E-state index in [0.29, 0.717) is 55.7 Å². The first-order chi connectivity index (χ1) is 15.2. The maximum atomic E-state index is 14.5. The van der Waals surface area contributed by atoms with E-state index in [-0.39, 0.29) is 34.6 Å². The Morgan fingerprint density at radius 3 is 2.72 bits per heavy atom. The summed E-state index contributed by atoms with van der Waals surface area (Å²) in [6, 6.07) is 3.80. The van der Waals surface area contributed by atoms with E-state index in [1.165, 1.54) is 18.2 Å². The molecule has 2 aliphatic carbocycles. The van der Waals surface area contributed by atoms with Gasteiger partial charge in [0.25, 0.3) is 5.91 Å². The van der Waals surface area contributed by atoms with Crippen molar-refractivity contribution >= 4 is 23.5 Å². The minimum absolute atomic E-state index is 0.0361. The quantitative estimate of drug-likeness (QED) is 0.725. The zero-order chi connectivity index (χ0) is 22.8. The van der Waals surface area contributed by atoms with Gasteiger partial charge >= 0.3 is 6.03 Å². The highest BCUT2D eigenvalue weighted by molar-refractivity contribution is 6.31. The van der Waals surface area contributed by atoms with Crippen LogP contribution in [0, 0.1) is 11.2 Å². The Morgan fingerprint density at radius 1 is 1.34 bits per heavy atom. The molecule has 7 nitrogen and oxygen atoms in total. The van der Waals surface area contributed by atoms with Crippen molar-refractivity contribution in [2.24, 2.45) is 11.1 Å². The molecule has 1 atom stereocenters. The number of nitrogens with zero attached hydrogens (tertiary/aromatic N) is 3. The molecule has 3 aliphatic rings. The van der Waals surface area contributed by atoms with Gasteiger partial charge in [0.1, 0.15) is 17.2 Å². The second-order valence-corrected chi connectivity index (χ2v) is 9.55. The zero-order valence-electron chi connectivity index (χ0n) is 17.6. The molecule has 32 heavy (non-hydrogen) atoms.